The molecule has 0 N–H and O–H groups in total. The molecule has 7 nitrogen and oxygen atoms in total. The molecule has 1 fully saturated rings. The zero-order valence-electron chi connectivity index (χ0n) is 15.4. The Labute approximate surface area is 170 Å². The Balaban J connectivity index is 1.74. The van der Waals surface area contributed by atoms with Gasteiger partial charge in [-0.05, 0) is 35.2 Å². The van der Waals surface area contributed by atoms with Crippen molar-refractivity contribution in [3.05, 3.63) is 40.4 Å². The van der Waals surface area contributed by atoms with Crippen molar-refractivity contribution in [2.45, 2.75) is 44.8 Å². The third-order valence-electron chi connectivity index (χ3n) is 4.15. The molecule has 0 saturated carbocycles. The van der Waals surface area contributed by atoms with Crippen molar-refractivity contribution in [1.82, 2.24) is 14.8 Å². The Morgan fingerprint density at radius 3 is 2.75 bits per heavy atom. The smallest absolute Gasteiger partial charge is 0.217 e. The lowest BCUT2D eigenvalue weighted by Gasteiger charge is -2.24. The zero-order chi connectivity index (χ0) is 19.9. The molecular formula is C18H22BrF2N3O4. The van der Waals surface area contributed by atoms with Crippen molar-refractivity contribution in [2.75, 3.05) is 20.3 Å². The average Bonchev–Trinajstić information content (AvgIpc) is 3.01. The maximum Gasteiger partial charge on any atom is 0.217 e. The average molecular weight is 462 g/mol. The van der Waals surface area contributed by atoms with E-state index in [-0.39, 0.29) is 18.8 Å². The van der Waals surface area contributed by atoms with Crippen LogP contribution in [0.1, 0.15) is 37.6 Å². The summed E-state index contributed by atoms with van der Waals surface area (Å²) >= 11 is 3.24. The molecule has 2 heterocycles. The summed E-state index contributed by atoms with van der Waals surface area (Å²) in [5, 5.41) is 4.20. The Morgan fingerprint density at radius 2 is 2.07 bits per heavy atom. The maximum atomic E-state index is 13.6. The molecule has 28 heavy (non-hydrogen) atoms. The van der Waals surface area contributed by atoms with Crippen molar-refractivity contribution in [1.29, 1.82) is 0 Å². The van der Waals surface area contributed by atoms with Crippen molar-refractivity contribution in [2.24, 2.45) is 0 Å². The first-order valence-corrected chi connectivity index (χ1v) is 9.79. The van der Waals surface area contributed by atoms with Crippen LogP contribution in [0.2, 0.25) is 0 Å². The molecule has 0 radical (unpaired) electrons. The molecule has 10 heteroatoms. The first kappa shape index (κ1) is 21.1. The molecule has 1 saturated heterocycles. The Hall–Kier alpha value is -1.62. The lowest BCUT2D eigenvalue weighted by Crippen LogP contribution is -2.24. The second-order valence-corrected chi connectivity index (χ2v) is 7.03. The van der Waals surface area contributed by atoms with Crippen LogP contribution < -0.4 is 4.74 Å². The molecule has 0 aliphatic carbocycles. The van der Waals surface area contributed by atoms with E-state index in [0.29, 0.717) is 30.2 Å². The first-order chi connectivity index (χ1) is 13.5. The summed E-state index contributed by atoms with van der Waals surface area (Å²) in [5.74, 6) is -0.939. The lowest BCUT2D eigenvalue weighted by molar-refractivity contribution is -0.165. The van der Waals surface area contributed by atoms with Gasteiger partial charge in [0.15, 0.2) is 18.2 Å². The predicted octanol–water partition coefficient (Wildman–Crippen LogP) is 3.98. The molecule has 2 atom stereocenters. The molecule has 1 aliphatic rings. The summed E-state index contributed by atoms with van der Waals surface area (Å²) in [4.78, 5) is 4.33. The van der Waals surface area contributed by atoms with Crippen LogP contribution in [0, 0.1) is 11.6 Å². The van der Waals surface area contributed by atoms with Gasteiger partial charge in [-0.25, -0.2) is 18.4 Å². The van der Waals surface area contributed by atoms with Gasteiger partial charge in [0.1, 0.15) is 24.1 Å². The second kappa shape index (κ2) is 10.2. The normalized spacial score (nSPS) is 18.2. The third-order valence-corrected chi connectivity index (χ3v) is 4.49. The van der Waals surface area contributed by atoms with Crippen molar-refractivity contribution in [3.8, 4) is 5.75 Å². The van der Waals surface area contributed by atoms with Crippen LogP contribution in [0.25, 0.3) is 0 Å². The zero-order valence-corrected chi connectivity index (χ0v) is 17.0. The van der Waals surface area contributed by atoms with Gasteiger partial charge in [-0.2, -0.15) is 0 Å². The topological polar surface area (TPSA) is 67.6 Å². The van der Waals surface area contributed by atoms with E-state index in [1.165, 1.54) is 11.8 Å². The predicted molar refractivity (Wildman–Crippen MR) is 98.6 cm³/mol. The number of hydrogen-bond donors (Lipinski definition) is 0. The lowest BCUT2D eigenvalue weighted by atomic mass is 10.2. The molecule has 154 valence electrons. The largest absolute Gasteiger partial charge is 0.482 e. The number of ether oxygens (including phenoxy) is 4. The van der Waals surface area contributed by atoms with E-state index in [2.05, 4.69) is 26.0 Å². The number of nitrogens with zero attached hydrogens (tertiary/aromatic N) is 3. The van der Waals surface area contributed by atoms with E-state index >= 15 is 0 Å². The highest BCUT2D eigenvalue weighted by Gasteiger charge is 2.24. The quantitative estimate of drug-likeness (QED) is 0.562. The minimum absolute atomic E-state index is 0.0551. The third kappa shape index (κ3) is 5.94. The fourth-order valence-corrected chi connectivity index (χ4v) is 3.30. The molecule has 0 amide bonds. The molecule has 2 unspecified atom stereocenters. The number of aromatic nitrogens is 3. The Kier molecular flexibility index (Phi) is 7.72. The van der Waals surface area contributed by atoms with E-state index in [1.807, 2.05) is 0 Å². The summed E-state index contributed by atoms with van der Waals surface area (Å²) in [7, 11) is 1.53. The molecule has 3 rings (SSSR count). The highest BCUT2D eigenvalue weighted by molar-refractivity contribution is 9.10. The summed E-state index contributed by atoms with van der Waals surface area (Å²) in [6.45, 7) is 1.16. The Morgan fingerprint density at radius 1 is 1.29 bits per heavy atom. The van der Waals surface area contributed by atoms with Gasteiger partial charge in [-0.1, -0.05) is 0 Å². The minimum atomic E-state index is -0.722. The van der Waals surface area contributed by atoms with Crippen LogP contribution >= 0.6 is 15.9 Å². The van der Waals surface area contributed by atoms with Gasteiger partial charge in [0.05, 0.1) is 6.61 Å². The van der Waals surface area contributed by atoms with Crippen LogP contribution in [0.3, 0.4) is 0 Å². The van der Waals surface area contributed by atoms with Crippen LogP contribution in [-0.2, 0) is 20.9 Å². The van der Waals surface area contributed by atoms with E-state index in [1.54, 1.807) is 0 Å². The number of benzene rings is 1. The fourth-order valence-electron chi connectivity index (χ4n) is 2.93. The van der Waals surface area contributed by atoms with Crippen molar-refractivity contribution < 1.29 is 27.7 Å². The van der Waals surface area contributed by atoms with Gasteiger partial charge in [0.25, 0.3) is 0 Å². The van der Waals surface area contributed by atoms with Crippen LogP contribution in [0.4, 0.5) is 8.78 Å². The van der Waals surface area contributed by atoms with Gasteiger partial charge >= 0.3 is 0 Å². The van der Waals surface area contributed by atoms with Gasteiger partial charge in [0.2, 0.25) is 4.73 Å². The van der Waals surface area contributed by atoms with Crippen molar-refractivity contribution >= 4 is 15.9 Å². The van der Waals surface area contributed by atoms with Crippen LogP contribution in [0.15, 0.2) is 22.9 Å². The fraction of sp³-hybridized carbons (Fsp3) is 0.556. The molecule has 0 bridgehead atoms. The molecular weight excluding hydrogens is 440 g/mol. The van der Waals surface area contributed by atoms with E-state index < -0.39 is 17.7 Å². The summed E-state index contributed by atoms with van der Waals surface area (Å²) in [6.07, 6.45) is 2.41. The number of rotatable bonds is 9. The van der Waals surface area contributed by atoms with Crippen LogP contribution in [-0.4, -0.2) is 41.4 Å². The van der Waals surface area contributed by atoms with Gasteiger partial charge in [0, 0.05) is 38.3 Å². The van der Waals surface area contributed by atoms with Crippen LogP contribution in [0.5, 0.6) is 5.75 Å². The minimum Gasteiger partial charge on any atom is -0.482 e. The highest BCUT2D eigenvalue weighted by atomic mass is 79.9. The van der Waals surface area contributed by atoms with Crippen molar-refractivity contribution in [3.63, 3.8) is 0 Å². The number of methoxy groups -OCH3 is 1. The Bertz CT molecular complexity index is 751. The van der Waals surface area contributed by atoms with Gasteiger partial charge in [-0.3, -0.25) is 0 Å². The molecule has 1 aromatic heterocycles. The molecule has 1 aromatic carbocycles. The summed E-state index contributed by atoms with van der Waals surface area (Å²) in [6, 6.07) is 3.02. The SMILES string of the molecule is COCn1nc(Br)nc1C(CCOC1CCCCO1)Oc1cc(F)cc(F)c1. The summed E-state index contributed by atoms with van der Waals surface area (Å²) in [5.41, 5.74) is 0. The first-order valence-electron chi connectivity index (χ1n) is 9.00. The monoisotopic (exact) mass is 461 g/mol. The van der Waals surface area contributed by atoms with E-state index in [4.69, 9.17) is 18.9 Å². The van der Waals surface area contributed by atoms with Gasteiger partial charge < -0.3 is 18.9 Å². The molecule has 2 aromatic rings. The molecule has 1 aliphatic heterocycles. The molecule has 0 spiro atoms. The van der Waals surface area contributed by atoms with Gasteiger partial charge in [-0.15, -0.1) is 5.10 Å². The summed E-state index contributed by atoms with van der Waals surface area (Å²) < 4.78 is 51.3. The second-order valence-electron chi connectivity index (χ2n) is 6.32. The number of hydrogen-bond acceptors (Lipinski definition) is 6. The van der Waals surface area contributed by atoms with E-state index in [0.717, 1.165) is 37.5 Å². The number of halogens is 3. The van der Waals surface area contributed by atoms with E-state index in [9.17, 15) is 8.78 Å². The maximum absolute atomic E-state index is 13.6. The highest BCUT2D eigenvalue weighted by Crippen LogP contribution is 2.27. The standard InChI is InChI=1S/C18H22BrF2N3O4/c1-25-11-24-17(22-18(19)23-24)15(5-7-27-16-4-2-3-6-26-16)28-14-9-12(20)8-13(21)10-14/h8-10,15-16H,2-7,11H2,1H3.